The van der Waals surface area contributed by atoms with Gasteiger partial charge in [0.05, 0.1) is 25.7 Å². The third kappa shape index (κ3) is 6.85. The van der Waals surface area contributed by atoms with Crippen molar-refractivity contribution in [1.82, 2.24) is 9.55 Å². The molecule has 226 valence electrons. The highest BCUT2D eigenvalue weighted by molar-refractivity contribution is 6.83. The van der Waals surface area contributed by atoms with Crippen molar-refractivity contribution in [1.29, 1.82) is 5.26 Å². The molecule has 0 bridgehead atoms. The smallest absolute Gasteiger partial charge is 0.335 e. The molecule has 2 aliphatic rings. The van der Waals surface area contributed by atoms with Crippen LogP contribution in [0, 0.1) is 11.3 Å². The summed E-state index contributed by atoms with van der Waals surface area (Å²) in [6, 6.07) is 3.27. The number of H-pyrrole nitrogens is 1. The number of hydrogen-bond donors (Lipinski definition) is 1. The van der Waals surface area contributed by atoms with Crippen molar-refractivity contribution in [3.05, 3.63) is 33.1 Å². The molecule has 3 rings (SSSR count). The second kappa shape index (κ2) is 14.0. The van der Waals surface area contributed by atoms with E-state index in [2.05, 4.69) is 60.4 Å². The average molecular weight is 600 g/mol. The van der Waals surface area contributed by atoms with Crippen molar-refractivity contribution in [2.24, 2.45) is 0 Å². The van der Waals surface area contributed by atoms with E-state index in [1.54, 1.807) is 0 Å². The lowest BCUT2D eigenvalue weighted by molar-refractivity contribution is -0.175. The van der Waals surface area contributed by atoms with Crippen LogP contribution in [0.1, 0.15) is 68.0 Å². The molecule has 1 N–H and O–H groups in total. The summed E-state index contributed by atoms with van der Waals surface area (Å²) in [6.07, 6.45) is -1.24. The molecule has 0 aliphatic carbocycles. The van der Waals surface area contributed by atoms with Crippen molar-refractivity contribution < 1.29 is 31.9 Å². The Labute approximate surface area is 238 Å². The van der Waals surface area contributed by atoms with E-state index in [-0.39, 0.29) is 55.4 Å². The number of aromatic amines is 1. The number of nitriles is 1. The number of rotatable bonds is 12. The standard InChI is InChI=1S/C26H45N3O9Si2/c1-17(2)39(18(3)4)35-14-21-23(37-40(38-39,19(5)6)20(7)8)24(34-16-33-15-32-13-9-11-27)25(36-21)29-12-10-22(30)28-26(29)31/h10,12,17-21,23-25H,9,13-16H2,1-8H3,(H,28,30,31)/t21-,23?,24?,25-/m1/s1. The normalized spacial score (nSPS) is 26.2. The van der Waals surface area contributed by atoms with Gasteiger partial charge in [-0.25, -0.2) is 4.79 Å². The Morgan fingerprint density at radius 3 is 2.25 bits per heavy atom. The summed E-state index contributed by atoms with van der Waals surface area (Å²) in [5, 5.41) is 8.67. The maximum Gasteiger partial charge on any atom is 0.335 e. The minimum absolute atomic E-state index is 0.0622. The highest BCUT2D eigenvalue weighted by Gasteiger charge is 2.62. The number of ether oxygens (including phenoxy) is 4. The van der Waals surface area contributed by atoms with E-state index in [4.69, 9.17) is 37.2 Å². The molecule has 0 amide bonds. The van der Waals surface area contributed by atoms with Gasteiger partial charge in [0.25, 0.3) is 5.56 Å². The maximum absolute atomic E-state index is 12.8. The molecule has 3 heterocycles. The molecule has 1 aromatic heterocycles. The lowest BCUT2D eigenvalue weighted by atomic mass is 10.1. The molecule has 2 aliphatic heterocycles. The van der Waals surface area contributed by atoms with Crippen LogP contribution >= 0.6 is 0 Å². The minimum atomic E-state index is -3.00. The van der Waals surface area contributed by atoms with Crippen LogP contribution in [-0.4, -0.2) is 71.8 Å². The van der Waals surface area contributed by atoms with Crippen LogP contribution in [0.25, 0.3) is 0 Å². The molecule has 0 saturated carbocycles. The van der Waals surface area contributed by atoms with Crippen LogP contribution in [0.4, 0.5) is 0 Å². The van der Waals surface area contributed by atoms with Gasteiger partial charge in [0, 0.05) is 12.3 Å². The van der Waals surface area contributed by atoms with Gasteiger partial charge >= 0.3 is 22.8 Å². The second-order valence-electron chi connectivity index (χ2n) is 11.5. The summed E-state index contributed by atoms with van der Waals surface area (Å²) in [4.78, 5) is 26.9. The van der Waals surface area contributed by atoms with Crippen LogP contribution in [0.2, 0.25) is 22.2 Å². The summed E-state index contributed by atoms with van der Waals surface area (Å²) in [5.74, 6) is 0. The van der Waals surface area contributed by atoms with E-state index >= 15 is 0 Å². The van der Waals surface area contributed by atoms with Gasteiger partial charge in [-0.3, -0.25) is 14.3 Å². The molecule has 12 nitrogen and oxygen atoms in total. The molecule has 2 fully saturated rings. The van der Waals surface area contributed by atoms with Crippen LogP contribution < -0.4 is 11.2 Å². The van der Waals surface area contributed by atoms with Gasteiger partial charge in [0.2, 0.25) is 0 Å². The minimum Gasteiger partial charge on any atom is -0.414 e. The van der Waals surface area contributed by atoms with Crippen molar-refractivity contribution in [3.63, 3.8) is 0 Å². The molecule has 2 unspecified atom stereocenters. The topological polar surface area (TPSA) is 143 Å². The third-order valence-corrected chi connectivity index (χ3v) is 17.9. The summed E-state index contributed by atoms with van der Waals surface area (Å²) >= 11 is 0. The van der Waals surface area contributed by atoms with Crippen LogP contribution in [0.15, 0.2) is 21.9 Å². The largest absolute Gasteiger partial charge is 0.414 e. The highest BCUT2D eigenvalue weighted by Crippen LogP contribution is 2.48. The molecule has 1 aromatic rings. The molecule has 40 heavy (non-hydrogen) atoms. The van der Waals surface area contributed by atoms with Crippen molar-refractivity contribution in [2.75, 3.05) is 26.8 Å². The van der Waals surface area contributed by atoms with E-state index in [0.29, 0.717) is 0 Å². The van der Waals surface area contributed by atoms with E-state index in [9.17, 15) is 9.59 Å². The Morgan fingerprint density at radius 2 is 1.68 bits per heavy atom. The summed E-state index contributed by atoms with van der Waals surface area (Å²) in [6.45, 7) is 17.3. The quantitative estimate of drug-likeness (QED) is 0.215. The van der Waals surface area contributed by atoms with Gasteiger partial charge in [-0.2, -0.15) is 5.26 Å². The Kier molecular flexibility index (Phi) is 11.5. The fraction of sp³-hybridized carbons (Fsp3) is 0.808. The molecule has 0 aromatic carbocycles. The number of nitrogens with zero attached hydrogens (tertiary/aromatic N) is 2. The molecule has 0 spiro atoms. The van der Waals surface area contributed by atoms with E-state index < -0.39 is 52.9 Å². The van der Waals surface area contributed by atoms with E-state index in [0.717, 1.165) is 0 Å². The number of nitrogens with one attached hydrogen (secondary N) is 1. The Balaban J connectivity index is 2.01. The van der Waals surface area contributed by atoms with Crippen molar-refractivity contribution in [3.8, 4) is 6.07 Å². The SMILES string of the molecule is CC(C)[Si]1(C(C)C)OC[C@H]2O[C@@H](n3ccc(=O)[nH]c3=O)C(OCOCOCCC#N)C2O[Si](C(C)C)(C(C)C)O1. The fourth-order valence-electron chi connectivity index (χ4n) is 5.55. The van der Waals surface area contributed by atoms with Crippen molar-refractivity contribution in [2.45, 2.75) is 109 Å². The van der Waals surface area contributed by atoms with Crippen LogP contribution in [-0.2, 0) is 31.9 Å². The van der Waals surface area contributed by atoms with E-state index in [1.807, 2.05) is 6.07 Å². The highest BCUT2D eigenvalue weighted by atomic mass is 28.5. The van der Waals surface area contributed by atoms with Crippen molar-refractivity contribution >= 4 is 17.1 Å². The Bertz CT molecular complexity index is 1100. The van der Waals surface area contributed by atoms with Crippen LogP contribution in [0.5, 0.6) is 0 Å². The number of hydrogen-bond acceptors (Lipinski definition) is 10. The zero-order valence-electron chi connectivity index (χ0n) is 24.9. The first-order chi connectivity index (χ1) is 18.9. The lowest BCUT2D eigenvalue weighted by Gasteiger charge is -2.51. The Morgan fingerprint density at radius 1 is 1.02 bits per heavy atom. The lowest BCUT2D eigenvalue weighted by Crippen LogP contribution is -2.66. The number of fused-ring (bicyclic) bond motifs is 1. The van der Waals surface area contributed by atoms with Gasteiger partial charge in [-0.15, -0.1) is 0 Å². The van der Waals surface area contributed by atoms with Crippen LogP contribution in [0.3, 0.4) is 0 Å². The van der Waals surface area contributed by atoms with Gasteiger partial charge < -0.3 is 31.9 Å². The summed E-state index contributed by atoms with van der Waals surface area (Å²) < 4.78 is 45.9. The first-order valence-electron chi connectivity index (χ1n) is 14.0. The molecular weight excluding hydrogens is 554 g/mol. The summed E-state index contributed by atoms with van der Waals surface area (Å²) in [7, 11) is -5.79. The van der Waals surface area contributed by atoms with Gasteiger partial charge in [-0.1, -0.05) is 55.4 Å². The predicted octanol–water partition coefficient (Wildman–Crippen LogP) is 3.64. The monoisotopic (exact) mass is 599 g/mol. The first kappa shape index (κ1) is 32.8. The first-order valence-corrected chi connectivity index (χ1v) is 18.0. The molecule has 0 radical (unpaired) electrons. The second-order valence-corrected chi connectivity index (χ2v) is 20.4. The zero-order chi connectivity index (χ0) is 29.7. The molecular formula is C26H45N3O9Si2. The predicted molar refractivity (Wildman–Crippen MR) is 151 cm³/mol. The van der Waals surface area contributed by atoms with Gasteiger partial charge in [0.15, 0.2) is 6.23 Å². The third-order valence-electron chi connectivity index (χ3n) is 7.61. The fourth-order valence-corrected chi connectivity index (χ4v) is 16.8. The molecule has 14 heteroatoms. The zero-order valence-corrected chi connectivity index (χ0v) is 26.9. The maximum atomic E-state index is 12.8. The molecule has 2 saturated heterocycles. The number of aromatic nitrogens is 2. The van der Waals surface area contributed by atoms with Gasteiger partial charge in [0.1, 0.15) is 31.9 Å². The summed E-state index contributed by atoms with van der Waals surface area (Å²) in [5.41, 5.74) is -0.638. The van der Waals surface area contributed by atoms with E-state index in [1.165, 1.54) is 16.8 Å². The molecule has 4 atom stereocenters. The average Bonchev–Trinajstić information content (AvgIpc) is 3.18. The van der Waals surface area contributed by atoms with Gasteiger partial charge in [-0.05, 0) is 22.2 Å². The Hall–Kier alpha value is -1.68.